The van der Waals surface area contributed by atoms with Crippen molar-refractivity contribution in [1.29, 1.82) is 0 Å². The fourth-order valence-electron chi connectivity index (χ4n) is 2.16. The summed E-state index contributed by atoms with van der Waals surface area (Å²) >= 11 is 5.69. The maximum Gasteiger partial charge on any atom is 0.214 e. The van der Waals surface area contributed by atoms with Crippen LogP contribution in [0.15, 0.2) is 18.6 Å². The molecule has 1 aliphatic rings. The highest BCUT2D eigenvalue weighted by Gasteiger charge is 2.28. The molecule has 1 saturated heterocycles. The van der Waals surface area contributed by atoms with E-state index in [9.17, 15) is 8.42 Å². The molecule has 6 nitrogen and oxygen atoms in total. The predicted molar refractivity (Wildman–Crippen MR) is 79.5 cm³/mol. The van der Waals surface area contributed by atoms with Gasteiger partial charge in [0, 0.05) is 44.5 Å². The summed E-state index contributed by atoms with van der Waals surface area (Å²) in [7, 11) is -3.21. The van der Waals surface area contributed by atoms with E-state index < -0.39 is 10.0 Å². The Bertz CT molecular complexity index is 518. The third-order valence-electron chi connectivity index (χ3n) is 3.26. The molecule has 8 heteroatoms. The molecule has 0 aromatic carbocycles. The highest BCUT2D eigenvalue weighted by molar-refractivity contribution is 7.89. The first-order valence-electron chi connectivity index (χ1n) is 6.57. The number of piperazine rings is 1. The SMILES string of the molecule is CC(CCl)CS(=O)(=O)N1CCN(c2cnccn2)CC1. The molecule has 0 radical (unpaired) electrons. The van der Waals surface area contributed by atoms with Crippen LogP contribution in [-0.2, 0) is 10.0 Å². The molecule has 1 fully saturated rings. The van der Waals surface area contributed by atoms with Crippen molar-refractivity contribution in [2.75, 3.05) is 42.7 Å². The minimum absolute atomic E-state index is 0.0281. The van der Waals surface area contributed by atoms with Gasteiger partial charge < -0.3 is 4.90 Å². The van der Waals surface area contributed by atoms with Gasteiger partial charge in [0.25, 0.3) is 0 Å². The van der Waals surface area contributed by atoms with E-state index >= 15 is 0 Å². The van der Waals surface area contributed by atoms with E-state index in [-0.39, 0.29) is 11.7 Å². The Morgan fingerprint density at radius 2 is 2.00 bits per heavy atom. The van der Waals surface area contributed by atoms with Gasteiger partial charge in [-0.25, -0.2) is 13.4 Å². The molecule has 0 bridgehead atoms. The summed E-state index contributed by atoms with van der Waals surface area (Å²) in [5.74, 6) is 1.24. The van der Waals surface area contributed by atoms with Crippen LogP contribution in [0.25, 0.3) is 0 Å². The molecule has 1 aromatic rings. The van der Waals surface area contributed by atoms with Crippen molar-refractivity contribution in [3.8, 4) is 0 Å². The molecule has 0 spiro atoms. The lowest BCUT2D eigenvalue weighted by Gasteiger charge is -2.34. The molecule has 20 heavy (non-hydrogen) atoms. The maximum absolute atomic E-state index is 12.2. The standard InChI is InChI=1S/C12H19ClN4O2S/c1-11(8-13)10-20(18,19)17-6-4-16(5-7-17)12-9-14-2-3-15-12/h2-3,9,11H,4-8,10H2,1H3. The highest BCUT2D eigenvalue weighted by Crippen LogP contribution is 2.15. The number of nitrogens with zero attached hydrogens (tertiary/aromatic N) is 4. The summed E-state index contributed by atoms with van der Waals surface area (Å²) in [6.45, 7) is 4.07. The summed E-state index contributed by atoms with van der Waals surface area (Å²) in [6.07, 6.45) is 4.96. The first-order chi connectivity index (χ1) is 9.53. The van der Waals surface area contributed by atoms with Crippen molar-refractivity contribution in [2.45, 2.75) is 6.92 Å². The average molecular weight is 319 g/mol. The zero-order chi connectivity index (χ0) is 14.6. The van der Waals surface area contributed by atoms with Crippen molar-refractivity contribution in [1.82, 2.24) is 14.3 Å². The van der Waals surface area contributed by atoms with Crippen LogP contribution in [0.1, 0.15) is 6.92 Å². The Morgan fingerprint density at radius 1 is 1.30 bits per heavy atom. The molecule has 0 N–H and O–H groups in total. The van der Waals surface area contributed by atoms with Crippen LogP contribution >= 0.6 is 11.6 Å². The zero-order valence-electron chi connectivity index (χ0n) is 11.4. The Hall–Kier alpha value is -0.920. The summed E-state index contributed by atoms with van der Waals surface area (Å²) in [4.78, 5) is 10.3. The smallest absolute Gasteiger partial charge is 0.214 e. The van der Waals surface area contributed by atoms with Crippen molar-refractivity contribution in [2.24, 2.45) is 5.92 Å². The largest absolute Gasteiger partial charge is 0.353 e. The van der Waals surface area contributed by atoms with Gasteiger partial charge >= 0.3 is 0 Å². The van der Waals surface area contributed by atoms with Crippen LogP contribution in [0, 0.1) is 5.92 Å². The second-order valence-electron chi connectivity index (χ2n) is 4.99. The first kappa shape index (κ1) is 15.5. The van der Waals surface area contributed by atoms with Crippen LogP contribution in [0.3, 0.4) is 0 Å². The van der Waals surface area contributed by atoms with Gasteiger partial charge in [0.05, 0.1) is 11.9 Å². The topological polar surface area (TPSA) is 66.4 Å². The molecular formula is C12H19ClN4O2S. The van der Waals surface area contributed by atoms with Crippen LogP contribution in [0.2, 0.25) is 0 Å². The Kier molecular flexibility index (Phi) is 5.17. The molecule has 0 amide bonds. The molecule has 1 atom stereocenters. The van der Waals surface area contributed by atoms with Crippen molar-refractivity contribution in [3.05, 3.63) is 18.6 Å². The van der Waals surface area contributed by atoms with Crippen LogP contribution in [0.5, 0.6) is 0 Å². The Labute approximate surface area is 124 Å². The normalized spacial score (nSPS) is 19.0. The molecule has 0 saturated carbocycles. The molecular weight excluding hydrogens is 300 g/mol. The third-order valence-corrected chi connectivity index (χ3v) is 5.93. The molecule has 2 rings (SSSR count). The van der Waals surface area contributed by atoms with E-state index in [1.807, 2.05) is 11.8 Å². The van der Waals surface area contributed by atoms with Crippen molar-refractivity contribution < 1.29 is 8.42 Å². The van der Waals surface area contributed by atoms with Gasteiger partial charge in [0.2, 0.25) is 10.0 Å². The summed E-state index contributed by atoms with van der Waals surface area (Å²) in [6, 6.07) is 0. The Balaban J connectivity index is 1.94. The quantitative estimate of drug-likeness (QED) is 0.751. The van der Waals surface area contributed by atoms with Crippen LogP contribution in [-0.4, -0.2) is 60.5 Å². The molecule has 1 aromatic heterocycles. The third kappa shape index (κ3) is 3.80. The first-order valence-corrected chi connectivity index (χ1v) is 8.72. The van der Waals surface area contributed by atoms with Gasteiger partial charge in [0.15, 0.2) is 0 Å². The second-order valence-corrected chi connectivity index (χ2v) is 7.31. The predicted octanol–water partition coefficient (Wildman–Crippen LogP) is 0.803. The van der Waals surface area contributed by atoms with E-state index in [1.165, 1.54) is 0 Å². The number of anilines is 1. The summed E-state index contributed by atoms with van der Waals surface area (Å²) < 4.78 is 26.0. The number of alkyl halides is 1. The van der Waals surface area contributed by atoms with E-state index in [1.54, 1.807) is 22.9 Å². The van der Waals surface area contributed by atoms with Crippen LogP contribution in [0.4, 0.5) is 5.82 Å². The number of rotatable bonds is 5. The average Bonchev–Trinajstić information content (AvgIpc) is 2.48. The van der Waals surface area contributed by atoms with Crippen molar-refractivity contribution in [3.63, 3.8) is 0 Å². The highest BCUT2D eigenvalue weighted by atomic mass is 35.5. The number of sulfonamides is 1. The fraction of sp³-hybridized carbons (Fsp3) is 0.667. The van der Waals surface area contributed by atoms with Gasteiger partial charge in [-0.15, -0.1) is 11.6 Å². The number of hydrogen-bond donors (Lipinski definition) is 0. The minimum Gasteiger partial charge on any atom is -0.353 e. The minimum atomic E-state index is -3.21. The zero-order valence-corrected chi connectivity index (χ0v) is 13.0. The van der Waals surface area contributed by atoms with E-state index in [0.29, 0.717) is 32.1 Å². The monoisotopic (exact) mass is 318 g/mol. The lowest BCUT2D eigenvalue weighted by Crippen LogP contribution is -2.50. The lowest BCUT2D eigenvalue weighted by atomic mass is 10.3. The number of halogens is 1. The van der Waals surface area contributed by atoms with Gasteiger partial charge in [0.1, 0.15) is 5.82 Å². The van der Waals surface area contributed by atoms with E-state index in [2.05, 4.69) is 9.97 Å². The molecule has 1 unspecified atom stereocenters. The number of aromatic nitrogens is 2. The second kappa shape index (κ2) is 6.69. The molecule has 112 valence electrons. The van der Waals surface area contributed by atoms with Gasteiger partial charge in [-0.3, -0.25) is 4.98 Å². The molecule has 2 heterocycles. The summed E-state index contributed by atoms with van der Waals surface area (Å²) in [5.41, 5.74) is 0. The molecule has 0 aliphatic carbocycles. The van der Waals surface area contributed by atoms with E-state index in [4.69, 9.17) is 11.6 Å². The van der Waals surface area contributed by atoms with E-state index in [0.717, 1.165) is 5.82 Å². The lowest BCUT2D eigenvalue weighted by molar-refractivity contribution is 0.381. The van der Waals surface area contributed by atoms with Crippen molar-refractivity contribution >= 4 is 27.4 Å². The van der Waals surface area contributed by atoms with Gasteiger partial charge in [-0.05, 0) is 5.92 Å². The maximum atomic E-state index is 12.2. The number of hydrogen-bond acceptors (Lipinski definition) is 5. The Morgan fingerprint density at radius 3 is 2.55 bits per heavy atom. The van der Waals surface area contributed by atoms with Gasteiger partial charge in [-0.1, -0.05) is 6.92 Å². The van der Waals surface area contributed by atoms with Gasteiger partial charge in [-0.2, -0.15) is 4.31 Å². The molecule has 1 aliphatic heterocycles. The summed E-state index contributed by atoms with van der Waals surface area (Å²) in [5, 5.41) is 0. The van der Waals surface area contributed by atoms with Crippen LogP contribution < -0.4 is 4.90 Å². The fourth-order valence-corrected chi connectivity index (χ4v) is 4.17.